The standard InChI is InChI=1S/C15H16N6O2/c1-20(2)19-10-4-6-12-13(8-10)18-15(17-12)9-3-5-11(16)14(7-9)21(22)23/h3-8,19H,16H2,1-2H3,(H,17,18). The Morgan fingerprint density at radius 3 is 2.74 bits per heavy atom. The van der Waals surface area contributed by atoms with Crippen molar-refractivity contribution in [3.8, 4) is 11.4 Å². The Labute approximate surface area is 132 Å². The minimum absolute atomic E-state index is 0.127. The molecule has 0 bridgehead atoms. The van der Waals surface area contributed by atoms with E-state index >= 15 is 0 Å². The summed E-state index contributed by atoms with van der Waals surface area (Å²) in [5.74, 6) is 0.560. The first kappa shape index (κ1) is 14.8. The van der Waals surface area contributed by atoms with Gasteiger partial charge in [-0.15, -0.1) is 0 Å². The van der Waals surface area contributed by atoms with Crippen LogP contribution in [0.25, 0.3) is 22.4 Å². The van der Waals surface area contributed by atoms with Crippen LogP contribution in [-0.2, 0) is 0 Å². The molecule has 0 spiro atoms. The van der Waals surface area contributed by atoms with Gasteiger partial charge in [0.25, 0.3) is 5.69 Å². The van der Waals surface area contributed by atoms with Crippen LogP contribution in [0.3, 0.4) is 0 Å². The number of imidazole rings is 1. The van der Waals surface area contributed by atoms with Crippen molar-refractivity contribution in [3.63, 3.8) is 0 Å². The summed E-state index contributed by atoms with van der Waals surface area (Å²) >= 11 is 0. The van der Waals surface area contributed by atoms with Gasteiger partial charge in [0.1, 0.15) is 11.5 Å². The van der Waals surface area contributed by atoms with Crippen LogP contribution in [0, 0.1) is 10.1 Å². The average Bonchev–Trinajstić information content (AvgIpc) is 2.89. The van der Waals surface area contributed by atoms with Gasteiger partial charge in [-0.2, -0.15) is 0 Å². The normalized spacial score (nSPS) is 11.1. The predicted octanol–water partition coefficient (Wildman–Crippen LogP) is 2.61. The summed E-state index contributed by atoms with van der Waals surface area (Å²) in [5.41, 5.74) is 11.9. The van der Waals surface area contributed by atoms with Gasteiger partial charge in [-0.1, -0.05) is 0 Å². The molecular formula is C15H16N6O2. The number of benzene rings is 2. The number of nitrogen functional groups attached to an aromatic ring is 1. The van der Waals surface area contributed by atoms with Crippen LogP contribution in [0.5, 0.6) is 0 Å². The highest BCUT2D eigenvalue weighted by molar-refractivity contribution is 5.83. The number of hydrazine groups is 1. The van der Waals surface area contributed by atoms with E-state index in [0.29, 0.717) is 11.4 Å². The molecule has 8 heteroatoms. The Bertz CT molecular complexity index is 887. The number of aromatic amines is 1. The van der Waals surface area contributed by atoms with Gasteiger partial charge in [-0.25, -0.2) is 9.99 Å². The first-order chi connectivity index (χ1) is 10.9. The molecule has 1 aromatic heterocycles. The van der Waals surface area contributed by atoms with Crippen molar-refractivity contribution >= 4 is 28.1 Å². The Morgan fingerprint density at radius 2 is 2.04 bits per heavy atom. The molecule has 3 rings (SSSR count). The first-order valence-corrected chi connectivity index (χ1v) is 6.92. The molecule has 0 aliphatic rings. The minimum Gasteiger partial charge on any atom is -0.393 e. The van der Waals surface area contributed by atoms with Gasteiger partial charge in [0, 0.05) is 25.7 Å². The number of anilines is 2. The first-order valence-electron chi connectivity index (χ1n) is 6.92. The highest BCUT2D eigenvalue weighted by Crippen LogP contribution is 2.29. The largest absolute Gasteiger partial charge is 0.393 e. The summed E-state index contributed by atoms with van der Waals surface area (Å²) in [5, 5.41) is 12.8. The van der Waals surface area contributed by atoms with Crippen molar-refractivity contribution in [3.05, 3.63) is 46.5 Å². The maximum absolute atomic E-state index is 11.0. The smallest absolute Gasteiger partial charge is 0.292 e. The lowest BCUT2D eigenvalue weighted by molar-refractivity contribution is -0.383. The van der Waals surface area contributed by atoms with Crippen LogP contribution in [0.2, 0.25) is 0 Å². The van der Waals surface area contributed by atoms with Crippen LogP contribution in [0.4, 0.5) is 17.1 Å². The third kappa shape index (κ3) is 2.92. The zero-order chi connectivity index (χ0) is 16.6. The van der Waals surface area contributed by atoms with Crippen molar-refractivity contribution in [2.45, 2.75) is 0 Å². The number of rotatable bonds is 4. The van der Waals surface area contributed by atoms with Gasteiger partial charge < -0.3 is 16.1 Å². The Hall–Kier alpha value is -3.13. The number of nitrogens with two attached hydrogens (primary N) is 1. The highest BCUT2D eigenvalue weighted by Gasteiger charge is 2.14. The number of nitrogens with zero attached hydrogens (tertiary/aromatic N) is 3. The van der Waals surface area contributed by atoms with Crippen molar-refractivity contribution in [2.75, 3.05) is 25.3 Å². The topological polar surface area (TPSA) is 113 Å². The Kier molecular flexibility index (Phi) is 3.59. The second kappa shape index (κ2) is 5.58. The monoisotopic (exact) mass is 312 g/mol. The molecule has 23 heavy (non-hydrogen) atoms. The minimum atomic E-state index is -0.499. The maximum atomic E-state index is 11.0. The van der Waals surface area contributed by atoms with Gasteiger partial charge in [-0.3, -0.25) is 10.1 Å². The van der Waals surface area contributed by atoms with E-state index in [2.05, 4.69) is 15.4 Å². The lowest BCUT2D eigenvalue weighted by Crippen LogP contribution is -2.19. The molecule has 8 nitrogen and oxygen atoms in total. The highest BCUT2D eigenvalue weighted by atomic mass is 16.6. The third-order valence-electron chi connectivity index (χ3n) is 3.34. The summed E-state index contributed by atoms with van der Waals surface area (Å²) in [6.45, 7) is 0. The van der Waals surface area contributed by atoms with Crippen molar-refractivity contribution in [1.82, 2.24) is 15.0 Å². The molecule has 4 N–H and O–H groups in total. The molecule has 0 saturated heterocycles. The third-order valence-corrected chi connectivity index (χ3v) is 3.34. The Morgan fingerprint density at radius 1 is 1.26 bits per heavy atom. The molecule has 0 fully saturated rings. The summed E-state index contributed by atoms with van der Waals surface area (Å²) in [4.78, 5) is 18.2. The molecule has 3 aromatic rings. The number of H-pyrrole nitrogens is 1. The molecule has 0 atom stereocenters. The van der Waals surface area contributed by atoms with Crippen molar-refractivity contribution in [1.29, 1.82) is 0 Å². The van der Waals surface area contributed by atoms with Crippen molar-refractivity contribution < 1.29 is 4.92 Å². The molecule has 0 saturated carbocycles. The summed E-state index contributed by atoms with van der Waals surface area (Å²) in [6.07, 6.45) is 0. The fourth-order valence-corrected chi connectivity index (χ4v) is 2.32. The molecule has 0 unspecified atom stereocenters. The summed E-state index contributed by atoms with van der Waals surface area (Å²) in [6, 6.07) is 10.4. The lowest BCUT2D eigenvalue weighted by Gasteiger charge is -2.12. The number of aromatic nitrogens is 2. The van der Waals surface area contributed by atoms with E-state index in [0.717, 1.165) is 16.7 Å². The van der Waals surface area contributed by atoms with Gasteiger partial charge in [0.05, 0.1) is 21.6 Å². The van der Waals surface area contributed by atoms with E-state index in [-0.39, 0.29) is 11.4 Å². The van der Waals surface area contributed by atoms with Crippen molar-refractivity contribution in [2.24, 2.45) is 0 Å². The quantitative estimate of drug-likeness (QED) is 0.388. The van der Waals surface area contributed by atoms with E-state index in [1.807, 2.05) is 37.3 Å². The average molecular weight is 312 g/mol. The lowest BCUT2D eigenvalue weighted by atomic mass is 10.1. The number of nitro groups is 1. The van der Waals surface area contributed by atoms with Gasteiger partial charge in [-0.05, 0) is 30.3 Å². The fourth-order valence-electron chi connectivity index (χ4n) is 2.32. The number of nitrogens with one attached hydrogen (secondary N) is 2. The van der Waals surface area contributed by atoms with Gasteiger partial charge >= 0.3 is 0 Å². The maximum Gasteiger partial charge on any atom is 0.292 e. The number of hydrogen-bond acceptors (Lipinski definition) is 6. The molecule has 2 aromatic carbocycles. The number of fused-ring (bicyclic) bond motifs is 1. The zero-order valence-corrected chi connectivity index (χ0v) is 12.7. The number of nitro benzene ring substituents is 1. The van der Waals surface area contributed by atoms with E-state index < -0.39 is 4.92 Å². The van der Waals surface area contributed by atoms with Gasteiger partial charge in [0.15, 0.2) is 0 Å². The summed E-state index contributed by atoms with van der Waals surface area (Å²) < 4.78 is 0. The molecule has 0 aliphatic carbocycles. The van der Waals surface area contributed by atoms with E-state index in [1.165, 1.54) is 12.1 Å². The fraction of sp³-hybridized carbons (Fsp3) is 0.133. The van der Waals surface area contributed by atoms with E-state index in [4.69, 9.17) is 5.73 Å². The second-order valence-corrected chi connectivity index (χ2v) is 5.35. The van der Waals surface area contributed by atoms with Crippen LogP contribution in [0.1, 0.15) is 0 Å². The number of hydrogen-bond donors (Lipinski definition) is 3. The van der Waals surface area contributed by atoms with Gasteiger partial charge in [0.2, 0.25) is 0 Å². The van der Waals surface area contributed by atoms with E-state index in [1.54, 1.807) is 6.07 Å². The molecule has 118 valence electrons. The van der Waals surface area contributed by atoms with Crippen LogP contribution in [0.15, 0.2) is 36.4 Å². The zero-order valence-electron chi connectivity index (χ0n) is 12.7. The molecule has 0 radical (unpaired) electrons. The Balaban J connectivity index is 2.03. The van der Waals surface area contributed by atoms with E-state index in [9.17, 15) is 10.1 Å². The molecule has 1 heterocycles. The predicted molar refractivity (Wildman–Crippen MR) is 89.9 cm³/mol. The van der Waals surface area contributed by atoms with Crippen LogP contribution >= 0.6 is 0 Å². The molecule has 0 aliphatic heterocycles. The van der Waals surface area contributed by atoms with Crippen LogP contribution < -0.4 is 11.2 Å². The SMILES string of the molecule is CN(C)Nc1ccc2[nH]c(-c3ccc(N)c([N+](=O)[O-])c3)nc2c1. The van der Waals surface area contributed by atoms with Crippen LogP contribution in [-0.4, -0.2) is 34.0 Å². The molecular weight excluding hydrogens is 296 g/mol. The molecule has 0 amide bonds. The summed E-state index contributed by atoms with van der Waals surface area (Å²) in [7, 11) is 3.79. The second-order valence-electron chi connectivity index (χ2n) is 5.35.